The Morgan fingerprint density at radius 3 is 2.38 bits per heavy atom. The lowest BCUT2D eigenvalue weighted by atomic mass is 10.1. The first-order chi connectivity index (χ1) is 9.67. The molecule has 0 unspecified atom stereocenters. The molecule has 0 aliphatic carbocycles. The molecule has 0 amide bonds. The number of hydrogen-bond acceptors (Lipinski definition) is 5. The highest BCUT2D eigenvalue weighted by molar-refractivity contribution is 6.83. The van der Waals surface area contributed by atoms with Crippen molar-refractivity contribution in [3.8, 4) is 11.5 Å². The minimum absolute atomic E-state index is 0.0305. The van der Waals surface area contributed by atoms with E-state index in [1.165, 1.54) is 13.8 Å². The normalized spacial score (nSPS) is 24.7. The number of esters is 2. The van der Waals surface area contributed by atoms with Crippen LogP contribution >= 0.6 is 0 Å². The maximum absolute atomic E-state index is 11.1. The van der Waals surface area contributed by atoms with Gasteiger partial charge in [-0.3, -0.25) is 9.59 Å². The molecular formula is C15H22O5Si. The second-order valence-electron chi connectivity index (χ2n) is 5.88. The molecule has 0 aromatic heterocycles. The van der Waals surface area contributed by atoms with Crippen LogP contribution in [0.4, 0.5) is 0 Å². The van der Waals surface area contributed by atoms with Crippen molar-refractivity contribution in [3.63, 3.8) is 0 Å². The van der Waals surface area contributed by atoms with Gasteiger partial charge >= 0.3 is 11.9 Å². The maximum atomic E-state index is 11.1. The molecule has 21 heavy (non-hydrogen) atoms. The van der Waals surface area contributed by atoms with Crippen molar-refractivity contribution in [2.24, 2.45) is 0 Å². The van der Waals surface area contributed by atoms with Gasteiger partial charge in [-0.1, -0.05) is 25.6 Å². The van der Waals surface area contributed by atoms with Crippen LogP contribution in [0.25, 0.3) is 0 Å². The summed E-state index contributed by atoms with van der Waals surface area (Å²) >= 11 is 0. The predicted molar refractivity (Wildman–Crippen MR) is 81.1 cm³/mol. The van der Waals surface area contributed by atoms with E-state index in [-0.39, 0.29) is 12.7 Å². The highest BCUT2D eigenvalue weighted by Crippen LogP contribution is 2.17. The van der Waals surface area contributed by atoms with Crippen LogP contribution in [0, 0.1) is 11.5 Å². The number of carbonyl (C=O) groups is 2. The predicted octanol–water partition coefficient (Wildman–Crippen LogP) is 1.69. The van der Waals surface area contributed by atoms with E-state index in [1.807, 2.05) is 0 Å². The first-order valence-electron chi connectivity index (χ1n) is 6.84. The highest BCUT2D eigenvalue weighted by atomic mass is 28.3. The monoisotopic (exact) mass is 310 g/mol. The Hall–Kier alpha value is -1.58. The van der Waals surface area contributed by atoms with Crippen LogP contribution in [0.15, 0.2) is 12.2 Å². The zero-order valence-electron chi connectivity index (χ0n) is 13.1. The summed E-state index contributed by atoms with van der Waals surface area (Å²) < 4.78 is 15.9. The first-order valence-corrected chi connectivity index (χ1v) is 10.3. The van der Waals surface area contributed by atoms with E-state index in [9.17, 15) is 9.59 Å². The van der Waals surface area contributed by atoms with Gasteiger partial charge in [0.1, 0.15) is 33.0 Å². The third-order valence-corrected chi connectivity index (χ3v) is 3.40. The van der Waals surface area contributed by atoms with Crippen molar-refractivity contribution < 1.29 is 23.8 Å². The molecule has 0 aromatic rings. The lowest BCUT2D eigenvalue weighted by Crippen LogP contribution is -2.41. The van der Waals surface area contributed by atoms with E-state index >= 15 is 0 Å². The average Bonchev–Trinajstić information content (AvgIpc) is 2.34. The molecule has 116 valence electrons. The Morgan fingerprint density at radius 1 is 1.19 bits per heavy atom. The molecule has 0 spiro atoms. The van der Waals surface area contributed by atoms with Crippen molar-refractivity contribution in [1.82, 2.24) is 0 Å². The minimum Gasteiger partial charge on any atom is -0.463 e. The SMILES string of the molecule is CC(=O)OC[C@H]1O[C@H](C#C[Si](C)(C)C)C=C[C@H]1OC(C)=O. The van der Waals surface area contributed by atoms with Crippen molar-refractivity contribution in [1.29, 1.82) is 0 Å². The molecule has 0 aromatic carbocycles. The van der Waals surface area contributed by atoms with E-state index in [0.29, 0.717) is 0 Å². The molecule has 6 heteroatoms. The smallest absolute Gasteiger partial charge is 0.303 e. The number of rotatable bonds is 3. The van der Waals surface area contributed by atoms with Crippen LogP contribution in [0.5, 0.6) is 0 Å². The second kappa shape index (κ2) is 7.43. The van der Waals surface area contributed by atoms with E-state index in [0.717, 1.165) is 0 Å². The van der Waals surface area contributed by atoms with Crippen LogP contribution in [-0.4, -0.2) is 44.9 Å². The van der Waals surface area contributed by atoms with Crippen molar-refractivity contribution >= 4 is 20.0 Å². The summed E-state index contributed by atoms with van der Waals surface area (Å²) in [7, 11) is -1.49. The molecular weight excluding hydrogens is 288 g/mol. The van der Waals surface area contributed by atoms with Crippen molar-refractivity contribution in [2.75, 3.05) is 6.61 Å². The zero-order chi connectivity index (χ0) is 16.0. The van der Waals surface area contributed by atoms with Gasteiger partial charge in [-0.15, -0.1) is 5.54 Å². The van der Waals surface area contributed by atoms with Crippen LogP contribution in [0.2, 0.25) is 19.6 Å². The van der Waals surface area contributed by atoms with Gasteiger partial charge in [0.25, 0.3) is 0 Å². The lowest BCUT2D eigenvalue weighted by Gasteiger charge is -2.29. The van der Waals surface area contributed by atoms with Gasteiger partial charge in [-0.25, -0.2) is 0 Å². The molecule has 5 nitrogen and oxygen atoms in total. The second-order valence-corrected chi connectivity index (χ2v) is 10.6. The molecule has 0 fully saturated rings. The summed E-state index contributed by atoms with van der Waals surface area (Å²) in [5.74, 6) is 2.26. The summed E-state index contributed by atoms with van der Waals surface area (Å²) in [6, 6.07) is 0. The van der Waals surface area contributed by atoms with Crippen LogP contribution in [-0.2, 0) is 23.8 Å². The third-order valence-electron chi connectivity index (χ3n) is 2.51. The molecule has 0 saturated heterocycles. The van der Waals surface area contributed by atoms with E-state index in [1.54, 1.807) is 12.2 Å². The Morgan fingerprint density at radius 2 is 1.86 bits per heavy atom. The van der Waals surface area contributed by atoms with E-state index in [2.05, 4.69) is 31.1 Å². The van der Waals surface area contributed by atoms with Crippen LogP contribution in [0.1, 0.15) is 13.8 Å². The minimum atomic E-state index is -1.49. The Bertz CT molecular complexity index is 481. The van der Waals surface area contributed by atoms with Gasteiger partial charge in [0.2, 0.25) is 0 Å². The first kappa shape index (κ1) is 17.5. The Labute approximate surface area is 126 Å². The van der Waals surface area contributed by atoms with Crippen molar-refractivity contribution in [3.05, 3.63) is 12.2 Å². The molecule has 0 bridgehead atoms. The van der Waals surface area contributed by atoms with Crippen molar-refractivity contribution in [2.45, 2.75) is 51.8 Å². The van der Waals surface area contributed by atoms with E-state index < -0.39 is 32.2 Å². The quantitative estimate of drug-likeness (QED) is 0.343. The molecule has 1 aliphatic rings. The Kier molecular flexibility index (Phi) is 6.18. The molecule has 0 saturated carbocycles. The number of ether oxygens (including phenoxy) is 3. The van der Waals surface area contributed by atoms with E-state index in [4.69, 9.17) is 14.2 Å². The molecule has 3 atom stereocenters. The largest absolute Gasteiger partial charge is 0.463 e. The van der Waals surface area contributed by atoms with Gasteiger partial charge in [0.15, 0.2) is 0 Å². The van der Waals surface area contributed by atoms with Crippen LogP contribution in [0.3, 0.4) is 0 Å². The van der Waals surface area contributed by atoms with Gasteiger partial charge < -0.3 is 14.2 Å². The fourth-order valence-electron chi connectivity index (χ4n) is 1.66. The molecule has 1 aliphatic heterocycles. The number of hydrogen-bond donors (Lipinski definition) is 0. The van der Waals surface area contributed by atoms with Gasteiger partial charge in [0, 0.05) is 13.8 Å². The van der Waals surface area contributed by atoms with Crippen LogP contribution < -0.4 is 0 Å². The van der Waals surface area contributed by atoms with Gasteiger partial charge in [0.05, 0.1) is 0 Å². The maximum Gasteiger partial charge on any atom is 0.303 e. The topological polar surface area (TPSA) is 61.8 Å². The average molecular weight is 310 g/mol. The summed E-state index contributed by atoms with van der Waals surface area (Å²) in [6.07, 6.45) is 2.03. The third kappa shape index (κ3) is 7.11. The molecule has 0 N–H and O–H groups in total. The summed E-state index contributed by atoms with van der Waals surface area (Å²) in [4.78, 5) is 22.0. The molecule has 1 heterocycles. The fraction of sp³-hybridized carbons (Fsp3) is 0.600. The van der Waals surface area contributed by atoms with Gasteiger partial charge in [-0.2, -0.15) is 0 Å². The Balaban J connectivity index is 2.79. The zero-order valence-corrected chi connectivity index (χ0v) is 14.1. The molecule has 0 radical (unpaired) electrons. The van der Waals surface area contributed by atoms with Gasteiger partial charge in [-0.05, 0) is 12.2 Å². The lowest BCUT2D eigenvalue weighted by molar-refractivity contribution is -0.161. The standard InChI is InChI=1S/C15H22O5Si/c1-11(16)18-10-15-14(19-12(2)17)7-6-13(20-15)8-9-21(3,4)5/h6-7,13-15H,10H2,1-5H3/t13-,14+,15+/m0/s1. The highest BCUT2D eigenvalue weighted by Gasteiger charge is 2.30. The number of carbonyl (C=O) groups excluding carboxylic acids is 2. The fourth-order valence-corrected chi connectivity index (χ4v) is 2.23. The summed E-state index contributed by atoms with van der Waals surface area (Å²) in [5.41, 5.74) is 3.23. The molecule has 1 rings (SSSR count). The summed E-state index contributed by atoms with van der Waals surface area (Å²) in [6.45, 7) is 9.11. The summed E-state index contributed by atoms with van der Waals surface area (Å²) in [5, 5.41) is 0.